The second-order valence-corrected chi connectivity index (χ2v) is 6.30. The Kier molecular flexibility index (Phi) is 6.64. The van der Waals surface area contributed by atoms with E-state index in [4.69, 9.17) is 0 Å². The van der Waals surface area contributed by atoms with Crippen molar-refractivity contribution in [2.24, 2.45) is 0 Å². The van der Waals surface area contributed by atoms with Crippen molar-refractivity contribution in [3.05, 3.63) is 46.0 Å². The molecule has 0 radical (unpaired) electrons. The van der Waals surface area contributed by atoms with Gasteiger partial charge < -0.3 is 10.2 Å². The Hall–Kier alpha value is -2.70. The molecule has 0 bridgehead atoms. The van der Waals surface area contributed by atoms with E-state index in [0.717, 1.165) is 0 Å². The average Bonchev–Trinajstić information content (AvgIpc) is 2.48. The van der Waals surface area contributed by atoms with Gasteiger partial charge in [0.2, 0.25) is 11.8 Å². The predicted molar refractivity (Wildman–Crippen MR) is 92.3 cm³/mol. The standard InChI is InChI=1S/C17H23N3O4/c1-5-19(12-15(21)18-17(2,3)4)16(22)11-10-13-8-6-7-9-14(13)20(23)24/h6-11H,5,12H2,1-4H3,(H,18,21)/b11-10+. The molecule has 1 aromatic carbocycles. The van der Waals surface area contributed by atoms with Crippen molar-refractivity contribution < 1.29 is 14.5 Å². The Morgan fingerprint density at radius 2 is 1.92 bits per heavy atom. The number of likely N-dealkylation sites (N-methyl/N-ethyl adjacent to an activating group) is 1. The number of nitro groups is 1. The summed E-state index contributed by atoms with van der Waals surface area (Å²) in [5.41, 5.74) is -0.110. The zero-order chi connectivity index (χ0) is 18.3. The van der Waals surface area contributed by atoms with Gasteiger partial charge in [-0.2, -0.15) is 0 Å². The number of carbonyl (C=O) groups is 2. The summed E-state index contributed by atoms with van der Waals surface area (Å²) < 4.78 is 0. The highest BCUT2D eigenvalue weighted by Crippen LogP contribution is 2.19. The summed E-state index contributed by atoms with van der Waals surface area (Å²) in [6, 6.07) is 6.15. The van der Waals surface area contributed by atoms with Crippen molar-refractivity contribution >= 4 is 23.6 Å². The van der Waals surface area contributed by atoms with Crippen molar-refractivity contribution in [1.29, 1.82) is 0 Å². The summed E-state index contributed by atoms with van der Waals surface area (Å²) in [6.07, 6.45) is 2.64. The van der Waals surface area contributed by atoms with Gasteiger partial charge in [0, 0.05) is 24.2 Å². The lowest BCUT2D eigenvalue weighted by Crippen LogP contribution is -2.47. The van der Waals surface area contributed by atoms with Crippen molar-refractivity contribution in [2.45, 2.75) is 33.2 Å². The fourth-order valence-corrected chi connectivity index (χ4v) is 2.04. The highest BCUT2D eigenvalue weighted by atomic mass is 16.6. The monoisotopic (exact) mass is 333 g/mol. The second-order valence-electron chi connectivity index (χ2n) is 6.30. The van der Waals surface area contributed by atoms with Crippen molar-refractivity contribution in [3.8, 4) is 0 Å². The van der Waals surface area contributed by atoms with E-state index in [1.54, 1.807) is 25.1 Å². The molecule has 0 saturated carbocycles. The third-order valence-electron chi connectivity index (χ3n) is 3.08. The zero-order valence-corrected chi connectivity index (χ0v) is 14.4. The first-order valence-corrected chi connectivity index (χ1v) is 7.65. The Balaban J connectivity index is 2.81. The van der Waals surface area contributed by atoms with Gasteiger partial charge in [0.1, 0.15) is 0 Å². The van der Waals surface area contributed by atoms with E-state index in [0.29, 0.717) is 12.1 Å². The molecule has 7 heteroatoms. The van der Waals surface area contributed by atoms with Crippen LogP contribution in [0.1, 0.15) is 33.3 Å². The minimum atomic E-state index is -0.501. The maximum atomic E-state index is 12.2. The van der Waals surface area contributed by atoms with Crippen LogP contribution in [0, 0.1) is 10.1 Å². The van der Waals surface area contributed by atoms with Gasteiger partial charge in [-0.3, -0.25) is 19.7 Å². The van der Waals surface area contributed by atoms with Gasteiger partial charge in [-0.1, -0.05) is 12.1 Å². The van der Waals surface area contributed by atoms with E-state index in [1.807, 2.05) is 20.8 Å². The van der Waals surface area contributed by atoms with Crippen LogP contribution in [0.2, 0.25) is 0 Å². The lowest BCUT2D eigenvalue weighted by molar-refractivity contribution is -0.385. The molecular formula is C17H23N3O4. The summed E-state index contributed by atoms with van der Waals surface area (Å²) in [5.74, 6) is -0.628. The largest absolute Gasteiger partial charge is 0.350 e. The molecule has 7 nitrogen and oxygen atoms in total. The molecule has 24 heavy (non-hydrogen) atoms. The number of nitro benzene ring substituents is 1. The van der Waals surface area contributed by atoms with E-state index in [1.165, 1.54) is 23.1 Å². The summed E-state index contributed by atoms with van der Waals surface area (Å²) in [4.78, 5) is 36.0. The van der Waals surface area contributed by atoms with Gasteiger partial charge in [-0.25, -0.2) is 0 Å². The molecule has 1 N–H and O–H groups in total. The molecule has 0 unspecified atom stereocenters. The van der Waals surface area contributed by atoms with Crippen LogP contribution in [0.3, 0.4) is 0 Å². The fourth-order valence-electron chi connectivity index (χ4n) is 2.04. The number of rotatable bonds is 6. The van der Waals surface area contributed by atoms with Gasteiger partial charge in [-0.15, -0.1) is 0 Å². The molecule has 0 aromatic heterocycles. The third kappa shape index (κ3) is 6.20. The van der Waals surface area contributed by atoms with Crippen LogP contribution in [0.25, 0.3) is 6.08 Å². The number of carbonyl (C=O) groups excluding carboxylic acids is 2. The van der Waals surface area contributed by atoms with Crippen LogP contribution >= 0.6 is 0 Å². The smallest absolute Gasteiger partial charge is 0.276 e. The van der Waals surface area contributed by atoms with Gasteiger partial charge in [0.25, 0.3) is 5.69 Å². The second kappa shape index (κ2) is 8.24. The summed E-state index contributed by atoms with van der Waals surface area (Å²) in [6.45, 7) is 7.64. The zero-order valence-electron chi connectivity index (χ0n) is 14.4. The normalized spacial score (nSPS) is 11.3. The maximum absolute atomic E-state index is 12.2. The van der Waals surface area contributed by atoms with E-state index in [2.05, 4.69) is 5.32 Å². The first-order valence-electron chi connectivity index (χ1n) is 7.65. The number of nitrogens with zero attached hydrogens (tertiary/aromatic N) is 2. The van der Waals surface area contributed by atoms with Crippen LogP contribution in [0.4, 0.5) is 5.69 Å². The highest BCUT2D eigenvalue weighted by Gasteiger charge is 2.18. The van der Waals surface area contributed by atoms with E-state index < -0.39 is 4.92 Å². The summed E-state index contributed by atoms with van der Waals surface area (Å²) >= 11 is 0. The number of para-hydroxylation sites is 1. The Morgan fingerprint density at radius 3 is 2.46 bits per heavy atom. The quantitative estimate of drug-likeness (QED) is 0.491. The summed E-state index contributed by atoms with van der Waals surface area (Å²) in [7, 11) is 0. The summed E-state index contributed by atoms with van der Waals surface area (Å²) in [5, 5.41) is 13.7. The van der Waals surface area contributed by atoms with E-state index in [-0.39, 0.29) is 29.6 Å². The molecular weight excluding hydrogens is 310 g/mol. The number of benzene rings is 1. The molecule has 1 rings (SSSR count). The lowest BCUT2D eigenvalue weighted by atomic mass is 10.1. The molecule has 0 fully saturated rings. The number of amides is 2. The molecule has 0 aliphatic heterocycles. The van der Waals surface area contributed by atoms with Gasteiger partial charge in [0.05, 0.1) is 17.0 Å². The topological polar surface area (TPSA) is 92.6 Å². The van der Waals surface area contributed by atoms with Crippen molar-refractivity contribution in [1.82, 2.24) is 10.2 Å². The molecule has 0 heterocycles. The highest BCUT2D eigenvalue weighted by molar-refractivity contribution is 5.94. The number of hydrogen-bond acceptors (Lipinski definition) is 4. The lowest BCUT2D eigenvalue weighted by Gasteiger charge is -2.24. The molecule has 0 aliphatic rings. The SMILES string of the molecule is CCN(CC(=O)NC(C)(C)C)C(=O)/C=C/c1ccccc1[N+](=O)[O-]. The minimum absolute atomic E-state index is 0.0617. The maximum Gasteiger partial charge on any atom is 0.276 e. The van der Waals surface area contributed by atoms with Crippen molar-refractivity contribution in [3.63, 3.8) is 0 Å². The first-order chi connectivity index (χ1) is 11.1. The first kappa shape index (κ1) is 19.3. The van der Waals surface area contributed by atoms with Crippen LogP contribution in [0.5, 0.6) is 0 Å². The molecule has 2 amide bonds. The average molecular weight is 333 g/mol. The van der Waals surface area contributed by atoms with E-state index in [9.17, 15) is 19.7 Å². The Bertz CT molecular complexity index is 647. The minimum Gasteiger partial charge on any atom is -0.350 e. The molecule has 130 valence electrons. The van der Waals surface area contributed by atoms with Gasteiger partial charge in [0.15, 0.2) is 0 Å². The van der Waals surface area contributed by atoms with Gasteiger partial charge >= 0.3 is 0 Å². The van der Waals surface area contributed by atoms with Crippen LogP contribution in [-0.2, 0) is 9.59 Å². The van der Waals surface area contributed by atoms with E-state index >= 15 is 0 Å². The third-order valence-corrected chi connectivity index (χ3v) is 3.08. The van der Waals surface area contributed by atoms with Crippen molar-refractivity contribution in [2.75, 3.05) is 13.1 Å². The molecule has 0 spiro atoms. The number of hydrogen-bond donors (Lipinski definition) is 1. The van der Waals surface area contributed by atoms with Crippen LogP contribution in [-0.4, -0.2) is 40.3 Å². The fraction of sp³-hybridized carbons (Fsp3) is 0.412. The van der Waals surface area contributed by atoms with Gasteiger partial charge in [-0.05, 0) is 39.8 Å². The molecule has 0 saturated heterocycles. The molecule has 0 aliphatic carbocycles. The Morgan fingerprint density at radius 1 is 1.29 bits per heavy atom. The van der Waals surface area contributed by atoms with Crippen LogP contribution < -0.4 is 5.32 Å². The van der Waals surface area contributed by atoms with Crippen LogP contribution in [0.15, 0.2) is 30.3 Å². The Labute approximate surface area is 141 Å². The number of nitrogens with one attached hydrogen (secondary N) is 1. The predicted octanol–water partition coefficient (Wildman–Crippen LogP) is 2.37. The molecule has 0 atom stereocenters. The molecule has 1 aromatic rings.